The maximum atomic E-state index is 4.21. The summed E-state index contributed by atoms with van der Waals surface area (Å²) in [6, 6.07) is 5.00. The van der Waals surface area contributed by atoms with Crippen molar-refractivity contribution in [2.24, 2.45) is 5.92 Å². The van der Waals surface area contributed by atoms with E-state index in [1.165, 1.54) is 50.9 Å². The van der Waals surface area contributed by atoms with Crippen LogP contribution >= 0.6 is 0 Å². The van der Waals surface area contributed by atoms with Crippen LogP contribution in [0, 0.1) is 5.92 Å². The van der Waals surface area contributed by atoms with Crippen LogP contribution in [-0.2, 0) is 6.54 Å². The van der Waals surface area contributed by atoms with E-state index in [0.29, 0.717) is 0 Å². The third-order valence-corrected chi connectivity index (χ3v) is 4.34. The van der Waals surface area contributed by atoms with E-state index in [2.05, 4.69) is 21.3 Å². The summed E-state index contributed by atoms with van der Waals surface area (Å²) in [6.07, 6.45) is 9.35. The summed E-state index contributed by atoms with van der Waals surface area (Å²) >= 11 is 0. The number of nitrogens with one attached hydrogen (secondary N) is 1. The van der Waals surface area contributed by atoms with Gasteiger partial charge in [-0.05, 0) is 56.3 Å². The van der Waals surface area contributed by atoms with Crippen molar-refractivity contribution in [1.82, 2.24) is 15.2 Å². The van der Waals surface area contributed by atoms with Crippen LogP contribution in [0.25, 0.3) is 0 Å². The lowest BCUT2D eigenvalue weighted by Gasteiger charge is -2.35. The minimum atomic E-state index is 0.779. The van der Waals surface area contributed by atoms with Gasteiger partial charge in [-0.15, -0.1) is 0 Å². The van der Waals surface area contributed by atoms with E-state index in [4.69, 9.17) is 0 Å². The van der Waals surface area contributed by atoms with Gasteiger partial charge < -0.3 is 5.32 Å². The fraction of sp³-hybridized carbons (Fsp3) is 0.667. The summed E-state index contributed by atoms with van der Waals surface area (Å²) in [5.41, 5.74) is 1.34. The zero-order valence-corrected chi connectivity index (χ0v) is 11.0. The Morgan fingerprint density at radius 2 is 2.33 bits per heavy atom. The van der Waals surface area contributed by atoms with E-state index < -0.39 is 0 Å². The molecule has 2 aliphatic rings. The minimum absolute atomic E-state index is 0.779. The second-order valence-corrected chi connectivity index (χ2v) is 5.70. The zero-order valence-electron chi connectivity index (χ0n) is 11.0. The fourth-order valence-electron chi connectivity index (χ4n) is 3.43. The Hall–Kier alpha value is -0.930. The average molecular weight is 245 g/mol. The maximum absolute atomic E-state index is 4.21. The van der Waals surface area contributed by atoms with Crippen LogP contribution in [-0.4, -0.2) is 35.6 Å². The number of piperidine rings is 1. The van der Waals surface area contributed by atoms with Gasteiger partial charge in [-0.1, -0.05) is 6.07 Å². The number of hydrogen-bond donors (Lipinski definition) is 1. The number of aromatic nitrogens is 1. The molecule has 3 heteroatoms. The largest absolute Gasteiger partial charge is 0.314 e. The van der Waals surface area contributed by atoms with E-state index >= 15 is 0 Å². The Bertz CT molecular complexity index is 359. The number of likely N-dealkylation sites (tertiary alicyclic amines) is 1. The molecular formula is C15H23N3. The van der Waals surface area contributed by atoms with E-state index in [1.807, 2.05) is 18.5 Å². The first-order valence-corrected chi connectivity index (χ1v) is 7.26. The summed E-state index contributed by atoms with van der Waals surface area (Å²) in [6.45, 7) is 4.80. The van der Waals surface area contributed by atoms with Crippen molar-refractivity contribution >= 4 is 0 Å². The molecule has 18 heavy (non-hydrogen) atoms. The topological polar surface area (TPSA) is 28.2 Å². The predicted octanol–water partition coefficient (Wildman–Crippen LogP) is 2.05. The summed E-state index contributed by atoms with van der Waals surface area (Å²) in [5, 5.41) is 3.67. The van der Waals surface area contributed by atoms with Gasteiger partial charge >= 0.3 is 0 Å². The monoisotopic (exact) mass is 245 g/mol. The number of rotatable bonds is 3. The summed E-state index contributed by atoms with van der Waals surface area (Å²) in [5.74, 6) is 0.859. The summed E-state index contributed by atoms with van der Waals surface area (Å²) in [4.78, 5) is 6.81. The first-order chi connectivity index (χ1) is 8.92. The molecule has 2 aliphatic heterocycles. The van der Waals surface area contributed by atoms with E-state index in [1.54, 1.807) is 0 Å². The Morgan fingerprint density at radius 3 is 3.11 bits per heavy atom. The van der Waals surface area contributed by atoms with Crippen molar-refractivity contribution in [2.45, 2.75) is 38.3 Å². The van der Waals surface area contributed by atoms with Crippen LogP contribution in [0.4, 0.5) is 0 Å². The second-order valence-electron chi connectivity index (χ2n) is 5.70. The molecular weight excluding hydrogens is 222 g/mol. The standard InChI is InChI=1S/C15H23N3/c1-4-13(10-16-7-1)11-18-9-3-5-14(12-18)15-6-2-8-17-15/h1,4,7,10,14-15,17H,2-3,5-6,8-9,11-12H2. The lowest BCUT2D eigenvalue weighted by atomic mass is 9.89. The van der Waals surface area contributed by atoms with Gasteiger partial charge in [0.1, 0.15) is 0 Å². The SMILES string of the molecule is c1cncc(CN2CCCC(C3CCCN3)C2)c1. The van der Waals surface area contributed by atoms with Crippen LogP contribution in [0.1, 0.15) is 31.2 Å². The van der Waals surface area contributed by atoms with Crippen LogP contribution in [0.2, 0.25) is 0 Å². The van der Waals surface area contributed by atoms with Crippen LogP contribution in [0.5, 0.6) is 0 Å². The van der Waals surface area contributed by atoms with Gasteiger partial charge in [-0.2, -0.15) is 0 Å². The van der Waals surface area contributed by atoms with Gasteiger partial charge in [0.15, 0.2) is 0 Å². The van der Waals surface area contributed by atoms with Crippen LogP contribution in [0.3, 0.4) is 0 Å². The lowest BCUT2D eigenvalue weighted by molar-refractivity contribution is 0.145. The van der Waals surface area contributed by atoms with Crippen molar-refractivity contribution in [3.05, 3.63) is 30.1 Å². The molecule has 3 nitrogen and oxygen atoms in total. The van der Waals surface area contributed by atoms with Gasteiger partial charge in [-0.25, -0.2) is 0 Å². The molecule has 2 saturated heterocycles. The molecule has 2 fully saturated rings. The highest BCUT2D eigenvalue weighted by atomic mass is 15.1. The highest BCUT2D eigenvalue weighted by Crippen LogP contribution is 2.25. The third-order valence-electron chi connectivity index (χ3n) is 4.34. The van der Waals surface area contributed by atoms with Crippen molar-refractivity contribution in [1.29, 1.82) is 0 Å². The van der Waals surface area contributed by atoms with Gasteiger partial charge in [0, 0.05) is 31.5 Å². The van der Waals surface area contributed by atoms with Crippen LogP contribution < -0.4 is 5.32 Å². The van der Waals surface area contributed by atoms with Gasteiger partial charge in [0.25, 0.3) is 0 Å². The molecule has 2 unspecified atom stereocenters. The molecule has 1 N–H and O–H groups in total. The fourth-order valence-corrected chi connectivity index (χ4v) is 3.43. The molecule has 0 aromatic carbocycles. The predicted molar refractivity (Wildman–Crippen MR) is 73.3 cm³/mol. The molecule has 3 heterocycles. The molecule has 0 aliphatic carbocycles. The van der Waals surface area contributed by atoms with Gasteiger partial charge in [0.2, 0.25) is 0 Å². The summed E-state index contributed by atoms with van der Waals surface area (Å²) < 4.78 is 0. The number of pyridine rings is 1. The highest BCUT2D eigenvalue weighted by molar-refractivity contribution is 5.08. The summed E-state index contributed by atoms with van der Waals surface area (Å²) in [7, 11) is 0. The molecule has 3 rings (SSSR count). The maximum Gasteiger partial charge on any atom is 0.0312 e. The second kappa shape index (κ2) is 5.81. The molecule has 0 spiro atoms. The molecule has 0 radical (unpaired) electrons. The Kier molecular flexibility index (Phi) is 3.91. The molecule has 1 aromatic rings. The van der Waals surface area contributed by atoms with Crippen molar-refractivity contribution in [3.63, 3.8) is 0 Å². The van der Waals surface area contributed by atoms with Crippen LogP contribution in [0.15, 0.2) is 24.5 Å². The van der Waals surface area contributed by atoms with Crippen molar-refractivity contribution < 1.29 is 0 Å². The third kappa shape index (κ3) is 2.90. The van der Waals surface area contributed by atoms with Crippen molar-refractivity contribution in [3.8, 4) is 0 Å². The normalized spacial score (nSPS) is 29.6. The smallest absolute Gasteiger partial charge is 0.0312 e. The quantitative estimate of drug-likeness (QED) is 0.883. The Labute approximate surface area is 110 Å². The zero-order chi connectivity index (χ0) is 12.2. The first kappa shape index (κ1) is 12.1. The molecule has 98 valence electrons. The minimum Gasteiger partial charge on any atom is -0.314 e. The molecule has 0 amide bonds. The van der Waals surface area contributed by atoms with E-state index in [0.717, 1.165) is 18.5 Å². The molecule has 0 saturated carbocycles. The van der Waals surface area contributed by atoms with E-state index in [-0.39, 0.29) is 0 Å². The molecule has 0 bridgehead atoms. The molecule has 1 aromatic heterocycles. The average Bonchev–Trinajstić information content (AvgIpc) is 2.94. The Balaban J connectivity index is 1.56. The van der Waals surface area contributed by atoms with Gasteiger partial charge in [0.05, 0.1) is 0 Å². The Morgan fingerprint density at radius 1 is 1.33 bits per heavy atom. The van der Waals surface area contributed by atoms with Crippen molar-refractivity contribution in [2.75, 3.05) is 19.6 Å². The number of hydrogen-bond acceptors (Lipinski definition) is 3. The highest BCUT2D eigenvalue weighted by Gasteiger charge is 2.28. The lowest BCUT2D eigenvalue weighted by Crippen LogP contribution is -2.43. The first-order valence-electron chi connectivity index (χ1n) is 7.26. The van der Waals surface area contributed by atoms with E-state index in [9.17, 15) is 0 Å². The molecule has 2 atom stereocenters. The number of nitrogens with zero attached hydrogens (tertiary/aromatic N) is 2. The van der Waals surface area contributed by atoms with Gasteiger partial charge in [-0.3, -0.25) is 9.88 Å².